The zero-order chi connectivity index (χ0) is 24.8. The van der Waals surface area contributed by atoms with Gasteiger partial charge >= 0.3 is 0 Å². The minimum Gasteiger partial charge on any atom is -0.360 e. The lowest BCUT2D eigenvalue weighted by molar-refractivity contribution is -0.144. The van der Waals surface area contributed by atoms with Crippen LogP contribution in [0, 0.1) is 6.92 Å². The fourth-order valence-corrected chi connectivity index (χ4v) is 3.61. The van der Waals surface area contributed by atoms with Crippen LogP contribution in [-0.2, 0) is 14.4 Å². The summed E-state index contributed by atoms with van der Waals surface area (Å²) < 4.78 is 4.94. The first-order valence-electron chi connectivity index (χ1n) is 11.0. The first-order chi connectivity index (χ1) is 15.4. The van der Waals surface area contributed by atoms with E-state index in [1.54, 1.807) is 37.3 Å². The molecule has 0 saturated heterocycles. The number of benzene rings is 1. The SMILES string of the molecule is CC[C@H](C)N(C(=O)CCC(=O)Nc1cc(C)on1)[C@@H](C(=O)NC(C)(C)C)c1ccccc1Cl. The van der Waals surface area contributed by atoms with E-state index in [1.165, 1.54) is 4.90 Å². The summed E-state index contributed by atoms with van der Waals surface area (Å²) in [5.41, 5.74) is 0.0354. The number of hydrogen-bond acceptors (Lipinski definition) is 5. The maximum absolute atomic E-state index is 13.4. The quantitative estimate of drug-likeness (QED) is 0.548. The van der Waals surface area contributed by atoms with Gasteiger partial charge in [-0.25, -0.2) is 0 Å². The van der Waals surface area contributed by atoms with Gasteiger partial charge in [0.1, 0.15) is 11.8 Å². The van der Waals surface area contributed by atoms with Gasteiger partial charge in [0.25, 0.3) is 0 Å². The van der Waals surface area contributed by atoms with Gasteiger partial charge in [-0.15, -0.1) is 0 Å². The van der Waals surface area contributed by atoms with Crippen molar-refractivity contribution in [2.75, 3.05) is 5.32 Å². The third-order valence-electron chi connectivity index (χ3n) is 5.04. The summed E-state index contributed by atoms with van der Waals surface area (Å²) in [7, 11) is 0. The van der Waals surface area contributed by atoms with Crippen LogP contribution in [0.5, 0.6) is 0 Å². The Labute approximate surface area is 200 Å². The molecule has 180 valence electrons. The van der Waals surface area contributed by atoms with Gasteiger partial charge in [-0.3, -0.25) is 14.4 Å². The van der Waals surface area contributed by atoms with E-state index in [-0.39, 0.29) is 36.6 Å². The molecule has 0 radical (unpaired) electrons. The number of rotatable bonds is 9. The summed E-state index contributed by atoms with van der Waals surface area (Å²) >= 11 is 6.45. The Kier molecular flexibility index (Phi) is 9.05. The number of halogens is 1. The van der Waals surface area contributed by atoms with E-state index in [1.807, 2.05) is 34.6 Å². The van der Waals surface area contributed by atoms with Crippen molar-refractivity contribution in [1.29, 1.82) is 0 Å². The van der Waals surface area contributed by atoms with E-state index < -0.39 is 11.6 Å². The second-order valence-electron chi connectivity index (χ2n) is 9.09. The van der Waals surface area contributed by atoms with Crippen LogP contribution in [0.1, 0.15) is 71.2 Å². The number of aryl methyl sites for hydroxylation is 1. The number of aromatic nitrogens is 1. The van der Waals surface area contributed by atoms with Gasteiger partial charge in [-0.05, 0) is 47.1 Å². The zero-order valence-corrected chi connectivity index (χ0v) is 20.8. The second kappa shape index (κ2) is 11.3. The van der Waals surface area contributed by atoms with E-state index in [2.05, 4.69) is 15.8 Å². The maximum Gasteiger partial charge on any atom is 0.247 e. The highest BCUT2D eigenvalue weighted by molar-refractivity contribution is 6.31. The summed E-state index contributed by atoms with van der Waals surface area (Å²) in [5, 5.41) is 9.70. The molecule has 0 aliphatic rings. The zero-order valence-electron chi connectivity index (χ0n) is 20.1. The van der Waals surface area contributed by atoms with Crippen molar-refractivity contribution in [3.05, 3.63) is 46.7 Å². The first kappa shape index (κ1) is 26.4. The van der Waals surface area contributed by atoms with Crippen LogP contribution in [0.2, 0.25) is 5.02 Å². The summed E-state index contributed by atoms with van der Waals surface area (Å²) in [6, 6.07) is 7.40. The van der Waals surface area contributed by atoms with Crippen LogP contribution >= 0.6 is 11.6 Å². The standard InChI is InChI=1S/C24H33ClN4O4/c1-7-15(2)29(21(31)13-12-20(30)26-19-14-16(3)33-28-19)22(23(32)27-24(4,5)6)17-10-8-9-11-18(17)25/h8-11,14-15,22H,7,12-13H2,1-6H3,(H,27,32)(H,26,28,30)/t15-,22+/m0/s1. The molecular formula is C24H33ClN4O4. The van der Waals surface area contributed by atoms with Crippen molar-refractivity contribution in [3.8, 4) is 0 Å². The lowest BCUT2D eigenvalue weighted by Crippen LogP contribution is -2.51. The molecule has 2 rings (SSSR count). The number of nitrogens with zero attached hydrogens (tertiary/aromatic N) is 2. The average molecular weight is 477 g/mol. The van der Waals surface area contributed by atoms with Crippen LogP contribution in [0.15, 0.2) is 34.9 Å². The van der Waals surface area contributed by atoms with Crippen LogP contribution < -0.4 is 10.6 Å². The highest BCUT2D eigenvalue weighted by Gasteiger charge is 2.36. The second-order valence-corrected chi connectivity index (χ2v) is 9.50. The molecule has 3 amide bonds. The number of anilines is 1. The third kappa shape index (κ3) is 7.60. The summed E-state index contributed by atoms with van der Waals surface area (Å²) in [5.74, 6) is -0.148. The van der Waals surface area contributed by atoms with Gasteiger partial charge in [0.05, 0.1) is 0 Å². The maximum atomic E-state index is 13.4. The van der Waals surface area contributed by atoms with Gasteiger partial charge in [-0.1, -0.05) is 41.9 Å². The third-order valence-corrected chi connectivity index (χ3v) is 5.38. The van der Waals surface area contributed by atoms with Crippen LogP contribution in [0.25, 0.3) is 0 Å². The number of carbonyl (C=O) groups excluding carboxylic acids is 3. The molecule has 1 aromatic heterocycles. The van der Waals surface area contributed by atoms with Gasteiger partial charge < -0.3 is 20.1 Å². The lowest BCUT2D eigenvalue weighted by Gasteiger charge is -2.37. The van der Waals surface area contributed by atoms with Gasteiger partial charge in [0.2, 0.25) is 17.7 Å². The van der Waals surface area contributed by atoms with Gasteiger partial charge in [0, 0.05) is 41.1 Å². The Balaban J connectivity index is 2.29. The monoisotopic (exact) mass is 476 g/mol. The molecule has 2 aromatic rings. The Morgan fingerprint density at radius 2 is 1.85 bits per heavy atom. The van der Waals surface area contributed by atoms with E-state index in [0.717, 1.165) is 0 Å². The van der Waals surface area contributed by atoms with Crippen molar-refractivity contribution in [2.24, 2.45) is 0 Å². The number of nitrogens with one attached hydrogen (secondary N) is 2. The van der Waals surface area contributed by atoms with Crippen molar-refractivity contribution in [2.45, 2.75) is 78.4 Å². The minimum absolute atomic E-state index is 0.0617. The van der Waals surface area contributed by atoms with Gasteiger partial charge in [-0.2, -0.15) is 0 Å². The highest BCUT2D eigenvalue weighted by atomic mass is 35.5. The minimum atomic E-state index is -0.929. The Hall–Kier alpha value is -2.87. The average Bonchev–Trinajstić information content (AvgIpc) is 3.13. The van der Waals surface area contributed by atoms with Crippen LogP contribution in [0.3, 0.4) is 0 Å². The summed E-state index contributed by atoms with van der Waals surface area (Å²) in [6.07, 6.45) is 0.491. The van der Waals surface area contributed by atoms with E-state index in [4.69, 9.17) is 16.1 Å². The van der Waals surface area contributed by atoms with Gasteiger partial charge in [0.15, 0.2) is 5.82 Å². The van der Waals surface area contributed by atoms with Crippen molar-refractivity contribution in [3.63, 3.8) is 0 Å². The molecule has 2 N–H and O–H groups in total. The Bertz CT molecular complexity index is 983. The summed E-state index contributed by atoms with van der Waals surface area (Å²) in [6.45, 7) is 11.2. The molecule has 0 aliphatic carbocycles. The Morgan fingerprint density at radius 1 is 1.18 bits per heavy atom. The molecular weight excluding hydrogens is 444 g/mol. The Morgan fingerprint density at radius 3 is 2.39 bits per heavy atom. The largest absolute Gasteiger partial charge is 0.360 e. The predicted octanol–water partition coefficient (Wildman–Crippen LogP) is 4.64. The van der Waals surface area contributed by atoms with Crippen molar-refractivity contribution < 1.29 is 18.9 Å². The number of carbonyl (C=O) groups is 3. The topological polar surface area (TPSA) is 105 Å². The van der Waals surface area contributed by atoms with E-state index in [0.29, 0.717) is 28.6 Å². The van der Waals surface area contributed by atoms with Crippen molar-refractivity contribution >= 4 is 35.1 Å². The molecule has 33 heavy (non-hydrogen) atoms. The summed E-state index contributed by atoms with van der Waals surface area (Å²) in [4.78, 5) is 40.7. The highest BCUT2D eigenvalue weighted by Crippen LogP contribution is 2.31. The smallest absolute Gasteiger partial charge is 0.247 e. The fraction of sp³-hybridized carbons (Fsp3) is 0.500. The number of hydrogen-bond donors (Lipinski definition) is 2. The lowest BCUT2D eigenvalue weighted by atomic mass is 9.98. The molecule has 0 aliphatic heterocycles. The number of amides is 3. The fourth-order valence-electron chi connectivity index (χ4n) is 3.37. The molecule has 1 aromatic carbocycles. The predicted molar refractivity (Wildman–Crippen MR) is 128 cm³/mol. The molecule has 2 atom stereocenters. The van der Waals surface area contributed by atoms with E-state index >= 15 is 0 Å². The van der Waals surface area contributed by atoms with Crippen LogP contribution in [-0.4, -0.2) is 39.4 Å². The van der Waals surface area contributed by atoms with Crippen LogP contribution in [0.4, 0.5) is 5.82 Å². The first-order valence-corrected chi connectivity index (χ1v) is 11.4. The molecule has 9 heteroatoms. The van der Waals surface area contributed by atoms with Crippen molar-refractivity contribution in [1.82, 2.24) is 15.4 Å². The normalized spacial score (nSPS) is 13.2. The molecule has 0 bridgehead atoms. The molecule has 1 heterocycles. The molecule has 0 unspecified atom stereocenters. The molecule has 0 fully saturated rings. The molecule has 8 nitrogen and oxygen atoms in total. The molecule has 0 spiro atoms. The molecule has 0 saturated carbocycles. The van der Waals surface area contributed by atoms with E-state index in [9.17, 15) is 14.4 Å².